The van der Waals surface area contributed by atoms with Gasteiger partial charge in [-0.1, -0.05) is 49.4 Å². The number of carbonyl (C=O) groups excluding carboxylic acids is 3. The van der Waals surface area contributed by atoms with Gasteiger partial charge >= 0.3 is 0 Å². The van der Waals surface area contributed by atoms with Gasteiger partial charge in [0.1, 0.15) is 11.8 Å². The topological polar surface area (TPSA) is 90.4 Å². The first-order chi connectivity index (χ1) is 20.8. The highest BCUT2D eigenvalue weighted by atomic mass is 32.2. The lowest BCUT2D eigenvalue weighted by Crippen LogP contribution is -2.57. The zero-order chi connectivity index (χ0) is 30.7. The van der Waals surface area contributed by atoms with Gasteiger partial charge in [-0.05, 0) is 48.6 Å². The SMILES string of the molecule is C=CCN(Cc1ccccc1)C(=O)[C@@H]1[C@@H]2CC(C)C3(S2)C(C(=O)N(CC=C)c2ccc(OC)cc2)N(CCCO)C(=O)[C@H]13. The molecular weight excluding hydrogens is 562 g/mol. The highest BCUT2D eigenvalue weighted by molar-refractivity contribution is 8.02. The minimum Gasteiger partial charge on any atom is -0.497 e. The molecule has 0 saturated carbocycles. The fraction of sp³-hybridized carbons (Fsp3) is 0.441. The molecule has 3 fully saturated rings. The summed E-state index contributed by atoms with van der Waals surface area (Å²) in [5.41, 5.74) is 1.68. The van der Waals surface area contributed by atoms with Crippen LogP contribution < -0.4 is 9.64 Å². The Labute approximate surface area is 258 Å². The van der Waals surface area contributed by atoms with Crippen LogP contribution in [0.15, 0.2) is 79.9 Å². The first kappa shape index (κ1) is 30.9. The standard InChI is InChI=1S/C34H41N3O5S/c1-5-17-35(22-24-11-8-7-9-12-24)31(39)28-27-21-23(3)34(43-27)29(28)32(40)37(19-10-20-38)30(34)33(41)36(18-6-2)25-13-15-26(42-4)16-14-25/h5-9,11-16,23,27-30,38H,1-2,10,17-22H2,3-4H3/t23?,27-,28+,29-,30?,34?/m0/s1. The van der Waals surface area contributed by atoms with E-state index in [1.54, 1.807) is 57.9 Å². The third-order valence-corrected chi connectivity index (χ3v) is 11.2. The molecule has 8 nitrogen and oxygen atoms in total. The number of amides is 3. The second-order valence-corrected chi connectivity index (χ2v) is 13.1. The highest BCUT2D eigenvalue weighted by Gasteiger charge is 2.76. The van der Waals surface area contributed by atoms with E-state index in [-0.39, 0.29) is 48.6 Å². The number of hydrogen-bond donors (Lipinski definition) is 1. The van der Waals surface area contributed by atoms with Gasteiger partial charge in [-0.15, -0.1) is 24.9 Å². The monoisotopic (exact) mass is 603 g/mol. The van der Waals surface area contributed by atoms with E-state index >= 15 is 0 Å². The smallest absolute Gasteiger partial charge is 0.251 e. The third kappa shape index (κ3) is 5.38. The fourth-order valence-electron chi connectivity index (χ4n) is 7.33. The molecule has 6 atom stereocenters. The Hall–Kier alpha value is -3.56. The number of likely N-dealkylation sites (tertiary alicyclic amines) is 1. The van der Waals surface area contributed by atoms with E-state index in [0.29, 0.717) is 30.9 Å². The maximum Gasteiger partial charge on any atom is 0.251 e. The lowest BCUT2D eigenvalue weighted by atomic mass is 9.65. The Bertz CT molecular complexity index is 1350. The number of aliphatic hydroxyl groups excluding tert-OH is 1. The van der Waals surface area contributed by atoms with Crippen molar-refractivity contribution in [2.24, 2.45) is 17.8 Å². The van der Waals surface area contributed by atoms with Crippen LogP contribution in [0.1, 0.15) is 25.3 Å². The summed E-state index contributed by atoms with van der Waals surface area (Å²) in [6, 6.07) is 16.3. The summed E-state index contributed by atoms with van der Waals surface area (Å²) in [5, 5.41) is 9.66. The molecule has 1 spiro atoms. The van der Waals surface area contributed by atoms with Gasteiger partial charge in [-0.3, -0.25) is 14.4 Å². The summed E-state index contributed by atoms with van der Waals surface area (Å²) in [6.07, 6.45) is 4.50. The van der Waals surface area contributed by atoms with Crippen LogP contribution in [0.2, 0.25) is 0 Å². The summed E-state index contributed by atoms with van der Waals surface area (Å²) in [4.78, 5) is 48.6. The Morgan fingerprint density at radius 3 is 2.42 bits per heavy atom. The summed E-state index contributed by atoms with van der Waals surface area (Å²) in [6.45, 7) is 11.1. The van der Waals surface area contributed by atoms with Crippen LogP contribution in [0.4, 0.5) is 5.69 Å². The zero-order valence-electron chi connectivity index (χ0n) is 24.9. The summed E-state index contributed by atoms with van der Waals surface area (Å²) in [5.74, 6) is -0.888. The van der Waals surface area contributed by atoms with Crippen LogP contribution in [-0.4, -0.2) is 82.0 Å². The molecule has 2 bridgehead atoms. The predicted molar refractivity (Wildman–Crippen MR) is 170 cm³/mol. The van der Waals surface area contributed by atoms with Crippen LogP contribution in [0.3, 0.4) is 0 Å². The van der Waals surface area contributed by atoms with E-state index in [4.69, 9.17) is 4.74 Å². The maximum absolute atomic E-state index is 14.7. The molecule has 43 heavy (non-hydrogen) atoms. The minimum atomic E-state index is -0.775. The molecular formula is C34H41N3O5S. The number of aliphatic hydroxyl groups is 1. The first-order valence-electron chi connectivity index (χ1n) is 14.9. The number of thioether (sulfide) groups is 1. The molecule has 0 aliphatic carbocycles. The van der Waals surface area contributed by atoms with E-state index in [9.17, 15) is 19.5 Å². The van der Waals surface area contributed by atoms with Crippen molar-refractivity contribution in [2.75, 3.05) is 38.3 Å². The molecule has 2 aromatic rings. The van der Waals surface area contributed by atoms with E-state index in [0.717, 1.165) is 12.0 Å². The van der Waals surface area contributed by atoms with Crippen LogP contribution in [0.25, 0.3) is 0 Å². The second kappa shape index (κ2) is 13.0. The molecule has 9 heteroatoms. The number of methoxy groups -OCH3 is 1. The molecule has 2 aromatic carbocycles. The van der Waals surface area contributed by atoms with Crippen LogP contribution >= 0.6 is 11.8 Å². The lowest BCUT2D eigenvalue weighted by molar-refractivity contribution is -0.144. The van der Waals surface area contributed by atoms with Crippen LogP contribution in [0, 0.1) is 17.8 Å². The van der Waals surface area contributed by atoms with Gasteiger partial charge in [0.2, 0.25) is 11.8 Å². The Kier molecular flexibility index (Phi) is 9.32. The third-order valence-electron chi connectivity index (χ3n) is 9.16. The average molecular weight is 604 g/mol. The molecule has 0 aromatic heterocycles. The molecule has 5 rings (SSSR count). The Balaban J connectivity index is 1.54. The van der Waals surface area contributed by atoms with Gasteiger partial charge in [0.15, 0.2) is 0 Å². The number of rotatable bonds is 13. The zero-order valence-corrected chi connectivity index (χ0v) is 25.7. The molecule has 3 amide bonds. The number of hydrogen-bond acceptors (Lipinski definition) is 6. The van der Waals surface area contributed by atoms with Gasteiger partial charge in [-0.2, -0.15) is 0 Å². The number of fused-ring (bicyclic) bond motifs is 1. The molecule has 228 valence electrons. The number of ether oxygens (including phenoxy) is 1. The molecule has 3 aliphatic rings. The van der Waals surface area contributed by atoms with Gasteiger partial charge in [0.05, 0.1) is 23.7 Å². The summed E-state index contributed by atoms with van der Waals surface area (Å²) < 4.78 is 4.56. The van der Waals surface area contributed by atoms with Gasteiger partial charge < -0.3 is 24.5 Å². The normalized spacial score (nSPS) is 27.1. The Morgan fingerprint density at radius 1 is 1.09 bits per heavy atom. The summed E-state index contributed by atoms with van der Waals surface area (Å²) >= 11 is 1.66. The summed E-state index contributed by atoms with van der Waals surface area (Å²) in [7, 11) is 1.59. The van der Waals surface area contributed by atoms with Crippen LogP contribution in [-0.2, 0) is 20.9 Å². The lowest BCUT2D eigenvalue weighted by Gasteiger charge is -2.41. The highest BCUT2D eigenvalue weighted by Crippen LogP contribution is 2.69. The van der Waals surface area contributed by atoms with Crippen molar-refractivity contribution in [3.8, 4) is 5.75 Å². The fourth-order valence-corrected chi connectivity index (χ4v) is 9.74. The quantitative estimate of drug-likeness (QED) is 0.346. The van der Waals surface area contributed by atoms with Crippen molar-refractivity contribution >= 4 is 35.2 Å². The van der Waals surface area contributed by atoms with Crippen LogP contribution in [0.5, 0.6) is 5.75 Å². The van der Waals surface area contributed by atoms with Gasteiger partial charge in [0.25, 0.3) is 5.91 Å². The number of anilines is 1. The molecule has 3 aliphatic heterocycles. The molecule has 3 heterocycles. The van der Waals surface area contributed by atoms with Gasteiger partial charge in [0, 0.05) is 43.7 Å². The molecule has 0 radical (unpaired) electrons. The van der Waals surface area contributed by atoms with E-state index in [1.165, 1.54) is 0 Å². The molecule has 3 saturated heterocycles. The first-order valence-corrected chi connectivity index (χ1v) is 15.8. The Morgan fingerprint density at radius 2 is 1.79 bits per heavy atom. The predicted octanol–water partition coefficient (Wildman–Crippen LogP) is 4.15. The van der Waals surface area contributed by atoms with E-state index in [2.05, 4.69) is 20.1 Å². The number of carbonyl (C=O) groups is 3. The van der Waals surface area contributed by atoms with Crippen molar-refractivity contribution in [3.05, 3.63) is 85.5 Å². The van der Waals surface area contributed by atoms with E-state index in [1.807, 2.05) is 42.5 Å². The van der Waals surface area contributed by atoms with Crippen molar-refractivity contribution < 1.29 is 24.2 Å². The largest absolute Gasteiger partial charge is 0.497 e. The maximum atomic E-state index is 14.7. The van der Waals surface area contributed by atoms with Crippen molar-refractivity contribution in [1.82, 2.24) is 9.80 Å². The number of benzene rings is 2. The average Bonchev–Trinajstić information content (AvgIpc) is 3.61. The van der Waals surface area contributed by atoms with Crippen molar-refractivity contribution in [1.29, 1.82) is 0 Å². The van der Waals surface area contributed by atoms with E-state index < -0.39 is 22.6 Å². The second-order valence-electron chi connectivity index (χ2n) is 11.6. The van der Waals surface area contributed by atoms with Crippen molar-refractivity contribution in [2.45, 2.75) is 42.3 Å². The minimum absolute atomic E-state index is 0.0389. The molecule has 1 N–H and O–H groups in total. The molecule has 3 unspecified atom stereocenters. The van der Waals surface area contributed by atoms with Gasteiger partial charge in [-0.25, -0.2) is 0 Å². The number of nitrogens with zero attached hydrogens (tertiary/aromatic N) is 3. The van der Waals surface area contributed by atoms with Crippen molar-refractivity contribution in [3.63, 3.8) is 0 Å².